The minimum absolute atomic E-state index is 0.0996. The van der Waals surface area contributed by atoms with Crippen molar-refractivity contribution in [3.8, 4) is 0 Å². The van der Waals surface area contributed by atoms with Crippen LogP contribution in [0.4, 0.5) is 0 Å². The highest BCUT2D eigenvalue weighted by atomic mass is 16.2. The van der Waals surface area contributed by atoms with Gasteiger partial charge in [0.05, 0.1) is 0 Å². The molecule has 6 heteroatoms. The highest BCUT2D eigenvalue weighted by molar-refractivity contribution is 5.82. The van der Waals surface area contributed by atoms with E-state index in [2.05, 4.69) is 28.3 Å². The number of likely N-dealkylation sites (tertiary alicyclic amines) is 1. The third kappa shape index (κ3) is 4.26. The lowest BCUT2D eigenvalue weighted by Gasteiger charge is -2.25. The number of nitrogens with one attached hydrogen (secondary N) is 1. The fourth-order valence-corrected chi connectivity index (χ4v) is 2.89. The average Bonchev–Trinajstić information content (AvgIpc) is 2.84. The van der Waals surface area contributed by atoms with Crippen molar-refractivity contribution in [2.24, 2.45) is 11.7 Å². The van der Waals surface area contributed by atoms with Gasteiger partial charge in [-0.2, -0.15) is 0 Å². The van der Waals surface area contributed by atoms with Crippen molar-refractivity contribution in [3.63, 3.8) is 0 Å². The summed E-state index contributed by atoms with van der Waals surface area (Å²) < 4.78 is 0. The predicted octanol–water partition coefficient (Wildman–Crippen LogP) is 0.456. The first-order valence-electron chi connectivity index (χ1n) is 7.23. The van der Waals surface area contributed by atoms with E-state index in [1.165, 1.54) is 5.56 Å². The van der Waals surface area contributed by atoms with Crippen LogP contribution in [0.1, 0.15) is 30.9 Å². The maximum absolute atomic E-state index is 11.7. The number of nitrogens with zero attached hydrogens (tertiary/aromatic N) is 2. The van der Waals surface area contributed by atoms with Crippen LogP contribution in [-0.2, 0) is 9.59 Å². The summed E-state index contributed by atoms with van der Waals surface area (Å²) >= 11 is 0. The van der Waals surface area contributed by atoms with E-state index in [9.17, 15) is 9.59 Å². The number of carbonyl (C=O) groups excluding carboxylic acids is 2. The van der Waals surface area contributed by atoms with Gasteiger partial charge in [0.25, 0.3) is 0 Å². The smallest absolute Gasteiger partial charge is 0.220 e. The highest BCUT2D eigenvalue weighted by Gasteiger charge is 2.33. The zero-order chi connectivity index (χ0) is 15.2. The van der Waals surface area contributed by atoms with Crippen molar-refractivity contribution in [2.75, 3.05) is 20.1 Å². The fourth-order valence-electron chi connectivity index (χ4n) is 2.89. The second-order valence-corrected chi connectivity index (χ2v) is 5.53. The Kier molecular flexibility index (Phi) is 5.27. The Bertz CT molecular complexity index is 492. The number of rotatable bonds is 6. The molecule has 0 radical (unpaired) electrons. The van der Waals surface area contributed by atoms with E-state index in [1.807, 2.05) is 12.3 Å². The van der Waals surface area contributed by atoms with Gasteiger partial charge in [-0.05, 0) is 37.6 Å². The molecule has 0 saturated carbocycles. The average molecular weight is 290 g/mol. The number of hydrogen-bond acceptors (Lipinski definition) is 4. The van der Waals surface area contributed by atoms with Crippen LogP contribution in [0.25, 0.3) is 0 Å². The van der Waals surface area contributed by atoms with E-state index in [0.29, 0.717) is 12.5 Å². The molecule has 0 bridgehead atoms. The SMILES string of the molecule is CN1CC[C@@H](CNC(=O)CCC(N)=O)[C@@H]1c1cccnc1. The second-order valence-electron chi connectivity index (χ2n) is 5.53. The molecule has 1 aliphatic heterocycles. The maximum atomic E-state index is 11.7. The number of amides is 2. The van der Waals surface area contributed by atoms with Gasteiger partial charge in [0.15, 0.2) is 0 Å². The summed E-state index contributed by atoms with van der Waals surface area (Å²) in [5, 5.41) is 2.91. The molecule has 0 aliphatic carbocycles. The molecule has 3 N–H and O–H groups in total. The maximum Gasteiger partial charge on any atom is 0.220 e. The molecule has 114 valence electrons. The molecule has 2 amide bonds. The molecular weight excluding hydrogens is 268 g/mol. The van der Waals surface area contributed by atoms with E-state index in [0.717, 1.165) is 13.0 Å². The molecular formula is C15H22N4O2. The van der Waals surface area contributed by atoms with Crippen LogP contribution in [0.2, 0.25) is 0 Å². The lowest BCUT2D eigenvalue weighted by atomic mass is 9.94. The number of nitrogens with two attached hydrogens (primary N) is 1. The normalized spacial score (nSPS) is 22.1. The standard InChI is InChI=1S/C15H22N4O2/c1-19-8-6-12(10-18-14(21)5-4-13(16)20)15(19)11-3-2-7-17-9-11/h2-3,7,9,12,15H,4-6,8,10H2,1H3,(H2,16,20)(H,18,21)/t12-,15-/m0/s1. The van der Waals surface area contributed by atoms with Gasteiger partial charge in [-0.25, -0.2) is 0 Å². The Morgan fingerprint density at radius 3 is 2.95 bits per heavy atom. The summed E-state index contributed by atoms with van der Waals surface area (Å²) in [6, 6.07) is 4.28. The third-order valence-electron chi connectivity index (χ3n) is 3.96. The first kappa shape index (κ1) is 15.4. The summed E-state index contributed by atoms with van der Waals surface area (Å²) in [5.74, 6) is -0.205. The van der Waals surface area contributed by atoms with Crippen molar-refractivity contribution in [1.82, 2.24) is 15.2 Å². The van der Waals surface area contributed by atoms with E-state index in [-0.39, 0.29) is 24.8 Å². The van der Waals surface area contributed by atoms with Crippen molar-refractivity contribution in [2.45, 2.75) is 25.3 Å². The van der Waals surface area contributed by atoms with Gasteiger partial charge >= 0.3 is 0 Å². The molecule has 2 heterocycles. The fraction of sp³-hybridized carbons (Fsp3) is 0.533. The van der Waals surface area contributed by atoms with Gasteiger partial charge in [-0.15, -0.1) is 0 Å². The van der Waals surface area contributed by atoms with E-state index in [1.54, 1.807) is 6.20 Å². The summed E-state index contributed by atoms with van der Waals surface area (Å²) in [5.41, 5.74) is 6.22. The lowest BCUT2D eigenvalue weighted by Crippen LogP contribution is -2.32. The quantitative estimate of drug-likeness (QED) is 0.796. The summed E-state index contributed by atoms with van der Waals surface area (Å²) in [7, 11) is 2.09. The Morgan fingerprint density at radius 2 is 2.29 bits per heavy atom. The van der Waals surface area contributed by atoms with Crippen LogP contribution < -0.4 is 11.1 Å². The molecule has 0 spiro atoms. The Morgan fingerprint density at radius 1 is 1.48 bits per heavy atom. The molecule has 1 fully saturated rings. The zero-order valence-corrected chi connectivity index (χ0v) is 12.3. The van der Waals surface area contributed by atoms with Gasteiger partial charge in [0.1, 0.15) is 0 Å². The van der Waals surface area contributed by atoms with Crippen LogP contribution in [-0.4, -0.2) is 41.8 Å². The van der Waals surface area contributed by atoms with Crippen LogP contribution in [0.15, 0.2) is 24.5 Å². The topological polar surface area (TPSA) is 88.3 Å². The molecule has 0 unspecified atom stereocenters. The first-order chi connectivity index (χ1) is 10.1. The summed E-state index contributed by atoms with van der Waals surface area (Å²) in [6.45, 7) is 1.61. The van der Waals surface area contributed by atoms with Crippen molar-refractivity contribution < 1.29 is 9.59 Å². The molecule has 1 aliphatic rings. The largest absolute Gasteiger partial charge is 0.370 e. The Balaban J connectivity index is 1.90. The molecule has 6 nitrogen and oxygen atoms in total. The second kappa shape index (κ2) is 7.17. The van der Waals surface area contributed by atoms with Crippen molar-refractivity contribution >= 4 is 11.8 Å². The first-order valence-corrected chi connectivity index (χ1v) is 7.23. The van der Waals surface area contributed by atoms with Crippen LogP contribution in [0.5, 0.6) is 0 Å². The summed E-state index contributed by atoms with van der Waals surface area (Å²) in [4.78, 5) is 28.8. The number of carbonyl (C=O) groups is 2. The molecule has 0 aromatic carbocycles. The van der Waals surface area contributed by atoms with Gasteiger partial charge in [-0.1, -0.05) is 6.07 Å². The molecule has 2 atom stereocenters. The Hall–Kier alpha value is -1.95. The molecule has 1 aromatic rings. The number of pyridine rings is 1. The van der Waals surface area contributed by atoms with E-state index in [4.69, 9.17) is 5.73 Å². The zero-order valence-electron chi connectivity index (χ0n) is 12.3. The lowest BCUT2D eigenvalue weighted by molar-refractivity contribution is -0.125. The van der Waals surface area contributed by atoms with Gasteiger partial charge in [-0.3, -0.25) is 19.5 Å². The Labute approximate surface area is 124 Å². The minimum atomic E-state index is -0.445. The number of aromatic nitrogens is 1. The van der Waals surface area contributed by atoms with Crippen LogP contribution in [0, 0.1) is 5.92 Å². The summed E-state index contributed by atoms with van der Waals surface area (Å²) in [6.07, 6.45) is 4.94. The third-order valence-corrected chi connectivity index (χ3v) is 3.96. The van der Waals surface area contributed by atoms with Crippen molar-refractivity contribution in [3.05, 3.63) is 30.1 Å². The monoisotopic (exact) mass is 290 g/mol. The molecule has 1 aromatic heterocycles. The van der Waals surface area contributed by atoms with Crippen LogP contribution >= 0.6 is 0 Å². The number of hydrogen-bond donors (Lipinski definition) is 2. The van der Waals surface area contributed by atoms with Crippen molar-refractivity contribution in [1.29, 1.82) is 0 Å². The van der Waals surface area contributed by atoms with Crippen LogP contribution in [0.3, 0.4) is 0 Å². The van der Waals surface area contributed by atoms with Gasteiger partial charge in [0, 0.05) is 37.8 Å². The van der Waals surface area contributed by atoms with Gasteiger partial charge in [0.2, 0.25) is 11.8 Å². The number of primary amides is 1. The van der Waals surface area contributed by atoms with E-state index < -0.39 is 5.91 Å². The minimum Gasteiger partial charge on any atom is -0.370 e. The molecule has 2 rings (SSSR count). The molecule has 21 heavy (non-hydrogen) atoms. The van der Waals surface area contributed by atoms with E-state index >= 15 is 0 Å². The molecule has 1 saturated heterocycles. The van der Waals surface area contributed by atoms with Gasteiger partial charge < -0.3 is 11.1 Å². The highest BCUT2D eigenvalue weighted by Crippen LogP contribution is 2.35. The predicted molar refractivity (Wildman–Crippen MR) is 79.2 cm³/mol.